The van der Waals surface area contributed by atoms with E-state index in [9.17, 15) is 13.2 Å². The fourth-order valence-corrected chi connectivity index (χ4v) is 2.56. The van der Waals surface area contributed by atoms with Crippen molar-refractivity contribution in [2.75, 3.05) is 7.05 Å². The highest BCUT2D eigenvalue weighted by Crippen LogP contribution is 2.31. The molecule has 0 radical (unpaired) electrons. The van der Waals surface area contributed by atoms with Gasteiger partial charge in [0.25, 0.3) is 0 Å². The van der Waals surface area contributed by atoms with Crippen LogP contribution in [0.4, 0.5) is 13.2 Å². The van der Waals surface area contributed by atoms with E-state index >= 15 is 0 Å². The molecule has 132 valence electrons. The van der Waals surface area contributed by atoms with Crippen LogP contribution >= 0.6 is 12.4 Å². The van der Waals surface area contributed by atoms with Crippen LogP contribution in [0.3, 0.4) is 0 Å². The van der Waals surface area contributed by atoms with Gasteiger partial charge in [-0.1, -0.05) is 48.5 Å². The molecule has 0 saturated carbocycles. The Bertz CT molecular complexity index is 639. The van der Waals surface area contributed by atoms with Gasteiger partial charge in [0.1, 0.15) is 0 Å². The number of likely N-dealkylation sites (N-methyl/N-ethyl adjacent to an activating group) is 1. The molecule has 0 aliphatic heterocycles. The Morgan fingerprint density at radius 3 is 2.04 bits per heavy atom. The molecule has 0 aromatic heterocycles. The van der Waals surface area contributed by atoms with Crippen molar-refractivity contribution in [3.05, 3.63) is 71.3 Å². The van der Waals surface area contributed by atoms with E-state index in [0.717, 1.165) is 12.6 Å². The molecular formula is C19H23ClF3N. The van der Waals surface area contributed by atoms with Gasteiger partial charge in [-0.15, -0.1) is 12.4 Å². The summed E-state index contributed by atoms with van der Waals surface area (Å²) in [6.07, 6.45) is -3.74. The quantitative estimate of drug-likeness (QED) is 0.675. The Hall–Kier alpha value is -1.52. The number of halogens is 4. The van der Waals surface area contributed by atoms with Crippen LogP contribution in [0.25, 0.3) is 0 Å². The summed E-state index contributed by atoms with van der Waals surface area (Å²) in [5, 5.41) is 0. The van der Waals surface area contributed by atoms with Gasteiger partial charge >= 0.3 is 6.18 Å². The molecule has 5 heteroatoms. The number of hydrogen-bond acceptors (Lipinski definition) is 1. The second-order valence-corrected chi connectivity index (χ2v) is 6.53. The number of nitrogens with zero attached hydrogens (tertiary/aromatic N) is 1. The van der Waals surface area contributed by atoms with Gasteiger partial charge in [-0.25, -0.2) is 0 Å². The monoisotopic (exact) mass is 357 g/mol. The van der Waals surface area contributed by atoms with Crippen molar-refractivity contribution in [3.63, 3.8) is 0 Å². The normalized spacial score (nSPS) is 12.1. The Balaban J connectivity index is 0.00000288. The third-order valence-electron chi connectivity index (χ3n) is 4.19. The average Bonchev–Trinajstić information content (AvgIpc) is 2.47. The highest BCUT2D eigenvalue weighted by atomic mass is 35.5. The maximum atomic E-state index is 12.8. The lowest BCUT2D eigenvalue weighted by atomic mass is 9.92. The highest BCUT2D eigenvalue weighted by Gasteiger charge is 2.31. The number of hydrogen-bond donors (Lipinski definition) is 0. The Morgan fingerprint density at radius 2 is 1.46 bits per heavy atom. The molecule has 2 aromatic rings. The lowest BCUT2D eigenvalue weighted by Crippen LogP contribution is -2.42. The van der Waals surface area contributed by atoms with Crippen molar-refractivity contribution < 1.29 is 13.2 Å². The van der Waals surface area contributed by atoms with Gasteiger partial charge < -0.3 is 0 Å². The molecule has 0 unspecified atom stereocenters. The summed E-state index contributed by atoms with van der Waals surface area (Å²) in [7, 11) is 2.00. The summed E-state index contributed by atoms with van der Waals surface area (Å²) in [5.41, 5.74) is 1.05. The summed E-state index contributed by atoms with van der Waals surface area (Å²) < 4.78 is 38.5. The standard InChI is InChI=1S/C19H22F3N.ClH/c1-18(2,23(3)14-15-8-5-4-6-9-15)13-16-10-7-11-17(12-16)19(20,21)22;/h4-12H,13-14H2,1-3H3;1H. The molecule has 2 rings (SSSR count). The van der Waals surface area contributed by atoms with E-state index in [-0.39, 0.29) is 17.9 Å². The topological polar surface area (TPSA) is 3.24 Å². The van der Waals surface area contributed by atoms with Gasteiger partial charge in [0.2, 0.25) is 0 Å². The van der Waals surface area contributed by atoms with Gasteiger partial charge in [-0.05, 0) is 44.5 Å². The Morgan fingerprint density at radius 1 is 0.875 bits per heavy atom. The fraction of sp³-hybridized carbons (Fsp3) is 0.368. The third-order valence-corrected chi connectivity index (χ3v) is 4.19. The molecule has 0 aliphatic rings. The SMILES string of the molecule is CN(Cc1ccccc1)C(C)(C)Cc1cccc(C(F)(F)F)c1.Cl. The van der Waals surface area contributed by atoms with Crippen LogP contribution in [0.2, 0.25) is 0 Å². The lowest BCUT2D eigenvalue weighted by molar-refractivity contribution is -0.137. The van der Waals surface area contributed by atoms with E-state index < -0.39 is 11.7 Å². The van der Waals surface area contributed by atoms with Gasteiger partial charge in [-0.2, -0.15) is 13.2 Å². The van der Waals surface area contributed by atoms with E-state index in [4.69, 9.17) is 0 Å². The van der Waals surface area contributed by atoms with Crippen molar-refractivity contribution in [1.82, 2.24) is 4.90 Å². The molecule has 0 aliphatic carbocycles. The van der Waals surface area contributed by atoms with Gasteiger partial charge in [0, 0.05) is 12.1 Å². The number of benzene rings is 2. The summed E-state index contributed by atoms with van der Waals surface area (Å²) in [4.78, 5) is 2.17. The zero-order chi connectivity index (χ0) is 17.1. The van der Waals surface area contributed by atoms with E-state index in [1.165, 1.54) is 17.7 Å². The molecule has 0 spiro atoms. The van der Waals surface area contributed by atoms with Crippen LogP contribution in [0, 0.1) is 0 Å². The molecule has 1 nitrogen and oxygen atoms in total. The first-order valence-electron chi connectivity index (χ1n) is 7.60. The molecule has 2 aromatic carbocycles. The minimum absolute atomic E-state index is 0. The largest absolute Gasteiger partial charge is 0.416 e. The average molecular weight is 358 g/mol. The van der Waals surface area contributed by atoms with Gasteiger partial charge in [0.05, 0.1) is 5.56 Å². The molecule has 0 amide bonds. The zero-order valence-electron chi connectivity index (χ0n) is 14.1. The van der Waals surface area contributed by atoms with E-state index in [0.29, 0.717) is 12.0 Å². The van der Waals surface area contributed by atoms with Crippen molar-refractivity contribution >= 4 is 12.4 Å². The van der Waals surface area contributed by atoms with E-state index in [1.807, 2.05) is 25.2 Å². The molecule has 0 N–H and O–H groups in total. The first-order valence-corrected chi connectivity index (χ1v) is 7.60. The summed E-state index contributed by atoms with van der Waals surface area (Å²) in [6, 6.07) is 15.7. The zero-order valence-corrected chi connectivity index (χ0v) is 14.9. The lowest BCUT2D eigenvalue weighted by Gasteiger charge is -2.36. The van der Waals surface area contributed by atoms with Crippen LogP contribution < -0.4 is 0 Å². The highest BCUT2D eigenvalue weighted by molar-refractivity contribution is 5.85. The summed E-state index contributed by atoms with van der Waals surface area (Å²) >= 11 is 0. The van der Waals surface area contributed by atoms with Crippen molar-refractivity contribution in [2.45, 2.75) is 38.5 Å². The summed E-state index contributed by atoms with van der Waals surface area (Å²) in [5.74, 6) is 0. The maximum absolute atomic E-state index is 12.8. The smallest absolute Gasteiger partial charge is 0.297 e. The summed E-state index contributed by atoms with van der Waals surface area (Å²) in [6.45, 7) is 4.86. The predicted octanol–water partition coefficient (Wildman–Crippen LogP) is 5.58. The third kappa shape index (κ3) is 5.53. The minimum Gasteiger partial charge on any atom is -0.297 e. The molecule has 0 atom stereocenters. The number of rotatable bonds is 5. The molecule has 0 fully saturated rings. The first-order chi connectivity index (χ1) is 10.7. The molecule has 0 heterocycles. The maximum Gasteiger partial charge on any atom is 0.416 e. The van der Waals surface area contributed by atoms with E-state index in [2.05, 4.69) is 30.9 Å². The Labute approximate surface area is 147 Å². The molecule has 0 bridgehead atoms. The van der Waals surface area contributed by atoms with Crippen LogP contribution in [0.1, 0.15) is 30.5 Å². The van der Waals surface area contributed by atoms with E-state index in [1.54, 1.807) is 6.07 Å². The second-order valence-electron chi connectivity index (χ2n) is 6.53. The second kappa shape index (κ2) is 8.04. The minimum atomic E-state index is -4.30. The van der Waals surface area contributed by atoms with Gasteiger partial charge in [0.15, 0.2) is 0 Å². The van der Waals surface area contributed by atoms with Crippen molar-refractivity contribution in [2.24, 2.45) is 0 Å². The van der Waals surface area contributed by atoms with Crippen LogP contribution in [0.5, 0.6) is 0 Å². The fourth-order valence-electron chi connectivity index (χ4n) is 2.56. The number of alkyl halides is 3. The Kier molecular flexibility index (Phi) is 6.87. The van der Waals surface area contributed by atoms with Crippen LogP contribution in [0.15, 0.2) is 54.6 Å². The molecular weight excluding hydrogens is 335 g/mol. The van der Waals surface area contributed by atoms with Crippen molar-refractivity contribution in [1.29, 1.82) is 0 Å². The van der Waals surface area contributed by atoms with Crippen LogP contribution in [-0.2, 0) is 19.1 Å². The van der Waals surface area contributed by atoms with Crippen LogP contribution in [-0.4, -0.2) is 17.5 Å². The first kappa shape index (κ1) is 20.5. The van der Waals surface area contributed by atoms with Gasteiger partial charge in [-0.3, -0.25) is 4.90 Å². The molecule has 24 heavy (non-hydrogen) atoms. The van der Waals surface area contributed by atoms with Crippen molar-refractivity contribution in [3.8, 4) is 0 Å². The molecule has 0 saturated heterocycles. The predicted molar refractivity (Wildman–Crippen MR) is 94.4 cm³/mol.